The highest BCUT2D eigenvalue weighted by atomic mass is 16.5. The molecule has 96 valence electrons. The van der Waals surface area contributed by atoms with Crippen LogP contribution in [0.4, 0.5) is 0 Å². The minimum absolute atomic E-state index is 0.0298. The topological polar surface area (TPSA) is 32.7 Å². The molecule has 1 heterocycles. The zero-order valence-corrected chi connectivity index (χ0v) is 11.0. The van der Waals surface area contributed by atoms with Crippen molar-refractivity contribution in [3.63, 3.8) is 0 Å². The zero-order valence-electron chi connectivity index (χ0n) is 11.0. The van der Waals surface area contributed by atoms with E-state index in [1.54, 1.807) is 0 Å². The fourth-order valence-electron chi connectivity index (χ4n) is 2.32. The molecule has 16 heavy (non-hydrogen) atoms. The van der Waals surface area contributed by atoms with E-state index in [-0.39, 0.29) is 12.0 Å². The average molecular weight is 229 g/mol. The molecule has 1 aliphatic rings. The minimum Gasteiger partial charge on any atom is -0.396 e. The van der Waals surface area contributed by atoms with Gasteiger partial charge in [0, 0.05) is 13.1 Å². The molecule has 0 atom stereocenters. The molecule has 0 aliphatic carbocycles. The summed E-state index contributed by atoms with van der Waals surface area (Å²) in [7, 11) is 0. The first-order chi connectivity index (χ1) is 7.69. The first kappa shape index (κ1) is 13.9. The third-order valence-corrected chi connectivity index (χ3v) is 3.83. The number of aliphatic hydroxyl groups excluding tert-OH is 1. The number of aliphatic hydroxyl groups is 1. The van der Waals surface area contributed by atoms with E-state index < -0.39 is 0 Å². The lowest BCUT2D eigenvalue weighted by atomic mass is 9.86. The summed E-state index contributed by atoms with van der Waals surface area (Å²) in [6.45, 7) is 11.6. The van der Waals surface area contributed by atoms with Crippen molar-refractivity contribution in [2.45, 2.75) is 33.6 Å². The lowest BCUT2D eigenvalue weighted by Crippen LogP contribution is -2.53. The van der Waals surface area contributed by atoms with Gasteiger partial charge in [-0.15, -0.1) is 0 Å². The van der Waals surface area contributed by atoms with E-state index in [1.165, 1.54) is 12.8 Å². The van der Waals surface area contributed by atoms with Crippen LogP contribution in [0.1, 0.15) is 33.6 Å². The van der Waals surface area contributed by atoms with Crippen LogP contribution in [0.15, 0.2) is 0 Å². The molecule has 1 aliphatic heterocycles. The van der Waals surface area contributed by atoms with Crippen LogP contribution in [0.2, 0.25) is 0 Å². The molecular formula is C13H27NO2. The molecule has 0 aromatic heterocycles. The Hall–Kier alpha value is -0.120. The predicted octanol–water partition coefficient (Wildman–Crippen LogP) is 1.75. The minimum atomic E-state index is 0.0298. The summed E-state index contributed by atoms with van der Waals surface area (Å²) in [5.74, 6) is 0.789. The Labute approximate surface area is 99.8 Å². The van der Waals surface area contributed by atoms with Crippen molar-refractivity contribution in [1.29, 1.82) is 0 Å². The molecule has 0 radical (unpaired) electrons. The van der Waals surface area contributed by atoms with Gasteiger partial charge in [-0.05, 0) is 12.5 Å². The molecule has 0 amide bonds. The predicted molar refractivity (Wildman–Crippen MR) is 66.5 cm³/mol. The molecule has 3 heteroatoms. The summed E-state index contributed by atoms with van der Waals surface area (Å²) in [5, 5.41) is 9.42. The number of hydrogen-bond donors (Lipinski definition) is 1. The molecule has 1 N–H and O–H groups in total. The third kappa shape index (κ3) is 3.44. The number of ether oxygens (including phenoxy) is 1. The Kier molecular flexibility index (Phi) is 5.73. The van der Waals surface area contributed by atoms with Crippen molar-refractivity contribution < 1.29 is 9.84 Å². The van der Waals surface area contributed by atoms with Crippen LogP contribution in [0.5, 0.6) is 0 Å². The van der Waals surface area contributed by atoms with Gasteiger partial charge in [0.15, 0.2) is 0 Å². The third-order valence-electron chi connectivity index (χ3n) is 3.83. The van der Waals surface area contributed by atoms with Crippen LogP contribution in [0, 0.1) is 11.3 Å². The van der Waals surface area contributed by atoms with Gasteiger partial charge in [-0.1, -0.05) is 33.6 Å². The molecule has 1 fully saturated rings. The maximum Gasteiger partial charge on any atom is 0.0579 e. The maximum atomic E-state index is 9.42. The van der Waals surface area contributed by atoms with Gasteiger partial charge in [0.25, 0.3) is 0 Å². The number of nitrogens with zero attached hydrogens (tertiary/aromatic N) is 1. The van der Waals surface area contributed by atoms with Crippen molar-refractivity contribution in [3.8, 4) is 0 Å². The van der Waals surface area contributed by atoms with Crippen LogP contribution in [0.3, 0.4) is 0 Å². The van der Waals surface area contributed by atoms with E-state index in [0.717, 1.165) is 38.8 Å². The molecule has 0 spiro atoms. The van der Waals surface area contributed by atoms with Gasteiger partial charge in [-0.3, -0.25) is 0 Å². The maximum absolute atomic E-state index is 9.42. The summed E-state index contributed by atoms with van der Waals surface area (Å²) in [6, 6.07) is 0. The molecule has 1 saturated heterocycles. The normalized spacial score (nSPS) is 19.1. The molecule has 3 nitrogen and oxygen atoms in total. The highest BCUT2D eigenvalue weighted by Crippen LogP contribution is 2.28. The Balaban J connectivity index is 2.41. The van der Waals surface area contributed by atoms with Gasteiger partial charge < -0.3 is 14.7 Å². The van der Waals surface area contributed by atoms with Crippen molar-refractivity contribution in [3.05, 3.63) is 0 Å². The van der Waals surface area contributed by atoms with Crippen LogP contribution in [-0.4, -0.2) is 49.5 Å². The first-order valence-electron chi connectivity index (χ1n) is 6.60. The van der Waals surface area contributed by atoms with Crippen molar-refractivity contribution in [2.75, 3.05) is 39.5 Å². The lowest BCUT2D eigenvalue weighted by molar-refractivity contribution is -0.148. The molecule has 0 unspecified atom stereocenters. The highest BCUT2D eigenvalue weighted by Gasteiger charge is 2.39. The Morgan fingerprint density at radius 3 is 2.19 bits per heavy atom. The van der Waals surface area contributed by atoms with Gasteiger partial charge in [-0.25, -0.2) is 0 Å². The lowest BCUT2D eigenvalue weighted by Gasteiger charge is -2.43. The summed E-state index contributed by atoms with van der Waals surface area (Å²) in [5.41, 5.74) is 0.0298. The van der Waals surface area contributed by atoms with E-state index in [0.29, 0.717) is 0 Å². The van der Waals surface area contributed by atoms with Gasteiger partial charge in [-0.2, -0.15) is 0 Å². The van der Waals surface area contributed by atoms with E-state index in [4.69, 9.17) is 4.74 Å². The SMILES string of the molecule is CCC(CC)CN(CC)CC1(CO)COC1. The molecule has 0 aromatic carbocycles. The standard InChI is InChI=1S/C13H27NO2/c1-4-12(5-2)7-14(6-3)8-13(9-15)10-16-11-13/h12,15H,4-11H2,1-3H3. The molecule has 0 saturated carbocycles. The monoisotopic (exact) mass is 229 g/mol. The molecule has 0 bridgehead atoms. The fourth-order valence-corrected chi connectivity index (χ4v) is 2.32. The van der Waals surface area contributed by atoms with Gasteiger partial charge in [0.05, 0.1) is 25.2 Å². The van der Waals surface area contributed by atoms with Crippen LogP contribution < -0.4 is 0 Å². The van der Waals surface area contributed by atoms with Crippen LogP contribution in [0.25, 0.3) is 0 Å². The molecule has 0 aromatic rings. The van der Waals surface area contributed by atoms with E-state index in [2.05, 4.69) is 25.7 Å². The Morgan fingerprint density at radius 1 is 1.25 bits per heavy atom. The average Bonchev–Trinajstić information content (AvgIpc) is 2.28. The smallest absolute Gasteiger partial charge is 0.0579 e. The van der Waals surface area contributed by atoms with E-state index >= 15 is 0 Å². The molecular weight excluding hydrogens is 202 g/mol. The fraction of sp³-hybridized carbons (Fsp3) is 1.00. The zero-order chi connectivity index (χ0) is 12.0. The van der Waals surface area contributed by atoms with Gasteiger partial charge >= 0.3 is 0 Å². The Morgan fingerprint density at radius 2 is 1.88 bits per heavy atom. The van der Waals surface area contributed by atoms with E-state index in [1.807, 2.05) is 0 Å². The van der Waals surface area contributed by atoms with Crippen LogP contribution >= 0.6 is 0 Å². The highest BCUT2D eigenvalue weighted by molar-refractivity contribution is 4.88. The van der Waals surface area contributed by atoms with Crippen molar-refractivity contribution in [1.82, 2.24) is 4.90 Å². The van der Waals surface area contributed by atoms with Crippen molar-refractivity contribution in [2.24, 2.45) is 11.3 Å². The van der Waals surface area contributed by atoms with Crippen LogP contribution in [-0.2, 0) is 4.74 Å². The van der Waals surface area contributed by atoms with E-state index in [9.17, 15) is 5.11 Å². The summed E-state index contributed by atoms with van der Waals surface area (Å²) in [4.78, 5) is 2.47. The van der Waals surface area contributed by atoms with Crippen molar-refractivity contribution >= 4 is 0 Å². The number of rotatable bonds is 8. The second-order valence-electron chi connectivity index (χ2n) is 5.16. The summed E-state index contributed by atoms with van der Waals surface area (Å²) >= 11 is 0. The quantitative estimate of drug-likeness (QED) is 0.688. The van der Waals surface area contributed by atoms with Gasteiger partial charge in [0.2, 0.25) is 0 Å². The summed E-state index contributed by atoms with van der Waals surface area (Å²) in [6.07, 6.45) is 2.49. The van der Waals surface area contributed by atoms with Gasteiger partial charge in [0.1, 0.15) is 0 Å². The Bertz CT molecular complexity index is 183. The first-order valence-corrected chi connectivity index (χ1v) is 6.60. The summed E-state index contributed by atoms with van der Waals surface area (Å²) < 4.78 is 5.25. The second-order valence-corrected chi connectivity index (χ2v) is 5.16. The second kappa shape index (κ2) is 6.58. The largest absolute Gasteiger partial charge is 0.396 e. The number of hydrogen-bond acceptors (Lipinski definition) is 3. The molecule has 1 rings (SSSR count).